The Labute approximate surface area is 107 Å². The summed E-state index contributed by atoms with van der Waals surface area (Å²) in [5.74, 6) is 0. The first-order valence-electron chi connectivity index (χ1n) is 7.73. The Bertz CT molecular complexity index is 172. The SMILES string of the molecule is CCCCCCCCCCC1CCC(CO)N1. The molecule has 1 fully saturated rings. The molecule has 2 nitrogen and oxygen atoms in total. The fourth-order valence-corrected chi connectivity index (χ4v) is 2.80. The van der Waals surface area contributed by atoms with Gasteiger partial charge in [0.05, 0.1) is 6.61 Å². The Kier molecular flexibility index (Phi) is 8.72. The van der Waals surface area contributed by atoms with Crippen LogP contribution in [-0.4, -0.2) is 23.8 Å². The maximum absolute atomic E-state index is 9.03. The van der Waals surface area contributed by atoms with E-state index in [0.29, 0.717) is 18.7 Å². The van der Waals surface area contributed by atoms with Crippen molar-refractivity contribution in [1.29, 1.82) is 0 Å². The van der Waals surface area contributed by atoms with Crippen LogP contribution in [0.2, 0.25) is 0 Å². The molecule has 2 heteroatoms. The fraction of sp³-hybridized carbons (Fsp3) is 1.00. The van der Waals surface area contributed by atoms with Crippen molar-refractivity contribution in [2.45, 2.75) is 89.6 Å². The molecule has 1 saturated heterocycles. The third-order valence-corrected chi connectivity index (χ3v) is 3.96. The topological polar surface area (TPSA) is 32.3 Å². The number of rotatable bonds is 10. The highest BCUT2D eigenvalue weighted by molar-refractivity contribution is 4.82. The molecule has 102 valence electrons. The fourth-order valence-electron chi connectivity index (χ4n) is 2.80. The van der Waals surface area contributed by atoms with E-state index in [1.54, 1.807) is 0 Å². The number of hydrogen-bond donors (Lipinski definition) is 2. The first-order valence-corrected chi connectivity index (χ1v) is 7.73. The molecule has 2 unspecified atom stereocenters. The summed E-state index contributed by atoms with van der Waals surface area (Å²) in [6.45, 7) is 2.59. The molecule has 0 radical (unpaired) electrons. The molecular weight excluding hydrogens is 210 g/mol. The zero-order valence-corrected chi connectivity index (χ0v) is 11.6. The molecule has 0 aromatic carbocycles. The zero-order chi connectivity index (χ0) is 12.3. The molecule has 0 aromatic heterocycles. The average Bonchev–Trinajstić information content (AvgIpc) is 2.80. The summed E-state index contributed by atoms with van der Waals surface area (Å²) in [5.41, 5.74) is 0. The van der Waals surface area contributed by atoms with E-state index in [-0.39, 0.29) is 0 Å². The van der Waals surface area contributed by atoms with Gasteiger partial charge in [-0.25, -0.2) is 0 Å². The van der Waals surface area contributed by atoms with Gasteiger partial charge in [0.25, 0.3) is 0 Å². The molecule has 0 bridgehead atoms. The van der Waals surface area contributed by atoms with E-state index in [1.807, 2.05) is 0 Å². The van der Waals surface area contributed by atoms with Gasteiger partial charge in [-0.05, 0) is 19.3 Å². The van der Waals surface area contributed by atoms with Crippen LogP contribution in [0.4, 0.5) is 0 Å². The highest BCUT2D eigenvalue weighted by Gasteiger charge is 2.21. The second-order valence-electron chi connectivity index (χ2n) is 5.58. The van der Waals surface area contributed by atoms with Crippen LogP contribution in [0.25, 0.3) is 0 Å². The average molecular weight is 241 g/mol. The standard InChI is InChI=1S/C15H31NO/c1-2-3-4-5-6-7-8-9-10-14-11-12-15(13-17)16-14/h14-17H,2-13H2,1H3. The smallest absolute Gasteiger partial charge is 0.0584 e. The van der Waals surface area contributed by atoms with Gasteiger partial charge in [0.15, 0.2) is 0 Å². The normalized spacial score (nSPS) is 24.4. The molecule has 0 spiro atoms. The van der Waals surface area contributed by atoms with Crippen LogP contribution in [0.1, 0.15) is 77.6 Å². The second-order valence-corrected chi connectivity index (χ2v) is 5.58. The number of hydrogen-bond acceptors (Lipinski definition) is 2. The van der Waals surface area contributed by atoms with Gasteiger partial charge in [0, 0.05) is 12.1 Å². The Balaban J connectivity index is 1.81. The van der Waals surface area contributed by atoms with Crippen LogP contribution < -0.4 is 5.32 Å². The van der Waals surface area contributed by atoms with E-state index in [0.717, 1.165) is 6.42 Å². The van der Waals surface area contributed by atoms with Gasteiger partial charge in [0.1, 0.15) is 0 Å². The van der Waals surface area contributed by atoms with Crippen molar-refractivity contribution in [3.8, 4) is 0 Å². The molecule has 0 aliphatic carbocycles. The van der Waals surface area contributed by atoms with Crippen molar-refractivity contribution in [2.24, 2.45) is 0 Å². The summed E-state index contributed by atoms with van der Waals surface area (Å²) in [6.07, 6.45) is 15.0. The summed E-state index contributed by atoms with van der Waals surface area (Å²) >= 11 is 0. The summed E-state index contributed by atoms with van der Waals surface area (Å²) in [5, 5.41) is 12.5. The van der Waals surface area contributed by atoms with E-state index in [1.165, 1.54) is 64.2 Å². The predicted molar refractivity (Wildman–Crippen MR) is 74.3 cm³/mol. The molecule has 2 atom stereocenters. The lowest BCUT2D eigenvalue weighted by atomic mass is 10.0. The Morgan fingerprint density at radius 2 is 1.47 bits per heavy atom. The van der Waals surface area contributed by atoms with E-state index in [4.69, 9.17) is 5.11 Å². The summed E-state index contributed by atoms with van der Waals surface area (Å²) in [7, 11) is 0. The van der Waals surface area contributed by atoms with Crippen LogP contribution in [0.3, 0.4) is 0 Å². The molecular formula is C15H31NO. The molecule has 2 N–H and O–H groups in total. The number of aliphatic hydroxyl groups is 1. The van der Waals surface area contributed by atoms with E-state index in [9.17, 15) is 0 Å². The lowest BCUT2D eigenvalue weighted by Gasteiger charge is -2.12. The number of nitrogens with one attached hydrogen (secondary N) is 1. The molecule has 0 saturated carbocycles. The van der Waals surface area contributed by atoms with Crippen molar-refractivity contribution in [3.05, 3.63) is 0 Å². The van der Waals surface area contributed by atoms with E-state index >= 15 is 0 Å². The highest BCUT2D eigenvalue weighted by atomic mass is 16.3. The second kappa shape index (κ2) is 9.90. The van der Waals surface area contributed by atoms with Gasteiger partial charge in [-0.2, -0.15) is 0 Å². The Morgan fingerprint density at radius 1 is 0.882 bits per heavy atom. The first kappa shape index (κ1) is 15.0. The molecule has 1 heterocycles. The summed E-state index contributed by atoms with van der Waals surface area (Å²) in [4.78, 5) is 0. The molecule has 0 aromatic rings. The summed E-state index contributed by atoms with van der Waals surface area (Å²) < 4.78 is 0. The minimum Gasteiger partial charge on any atom is -0.395 e. The van der Waals surface area contributed by atoms with E-state index in [2.05, 4.69) is 12.2 Å². The van der Waals surface area contributed by atoms with Crippen LogP contribution in [0.5, 0.6) is 0 Å². The lowest BCUT2D eigenvalue weighted by Crippen LogP contribution is -2.31. The van der Waals surface area contributed by atoms with Gasteiger partial charge in [-0.15, -0.1) is 0 Å². The van der Waals surface area contributed by atoms with Crippen LogP contribution in [-0.2, 0) is 0 Å². The molecule has 17 heavy (non-hydrogen) atoms. The third-order valence-electron chi connectivity index (χ3n) is 3.96. The first-order chi connectivity index (χ1) is 8.36. The molecule has 0 amide bonds. The molecule has 1 aliphatic heterocycles. The lowest BCUT2D eigenvalue weighted by molar-refractivity contribution is 0.250. The largest absolute Gasteiger partial charge is 0.395 e. The van der Waals surface area contributed by atoms with Gasteiger partial charge in [-0.3, -0.25) is 0 Å². The zero-order valence-electron chi connectivity index (χ0n) is 11.6. The Hall–Kier alpha value is -0.0800. The maximum Gasteiger partial charge on any atom is 0.0584 e. The van der Waals surface area contributed by atoms with Crippen molar-refractivity contribution >= 4 is 0 Å². The van der Waals surface area contributed by atoms with Crippen molar-refractivity contribution in [2.75, 3.05) is 6.61 Å². The van der Waals surface area contributed by atoms with Crippen molar-refractivity contribution in [3.63, 3.8) is 0 Å². The monoisotopic (exact) mass is 241 g/mol. The van der Waals surface area contributed by atoms with Gasteiger partial charge in [-0.1, -0.05) is 58.3 Å². The van der Waals surface area contributed by atoms with Crippen molar-refractivity contribution < 1.29 is 5.11 Å². The van der Waals surface area contributed by atoms with E-state index < -0.39 is 0 Å². The van der Waals surface area contributed by atoms with Gasteiger partial charge in [0.2, 0.25) is 0 Å². The maximum atomic E-state index is 9.03. The molecule has 1 aliphatic rings. The third kappa shape index (κ3) is 7.05. The minimum absolute atomic E-state index is 0.313. The number of unbranched alkanes of at least 4 members (excludes halogenated alkanes) is 7. The van der Waals surface area contributed by atoms with Crippen molar-refractivity contribution in [1.82, 2.24) is 5.32 Å². The minimum atomic E-state index is 0.313. The molecule has 1 rings (SSSR count). The van der Waals surface area contributed by atoms with Crippen LogP contribution >= 0.6 is 0 Å². The van der Waals surface area contributed by atoms with Crippen LogP contribution in [0.15, 0.2) is 0 Å². The van der Waals surface area contributed by atoms with Gasteiger partial charge < -0.3 is 10.4 Å². The van der Waals surface area contributed by atoms with Crippen LogP contribution in [0, 0.1) is 0 Å². The summed E-state index contributed by atoms with van der Waals surface area (Å²) in [6, 6.07) is 1.07. The number of aliphatic hydroxyl groups excluding tert-OH is 1. The van der Waals surface area contributed by atoms with Gasteiger partial charge >= 0.3 is 0 Å². The quantitative estimate of drug-likeness (QED) is 0.572. The Morgan fingerprint density at radius 3 is 2.06 bits per heavy atom. The highest BCUT2D eigenvalue weighted by Crippen LogP contribution is 2.18. The predicted octanol–water partition coefficient (Wildman–Crippen LogP) is 3.63.